The van der Waals surface area contributed by atoms with Gasteiger partial charge in [0, 0.05) is 14.1 Å². The number of anilines is 1. The van der Waals surface area contributed by atoms with E-state index in [-0.39, 0.29) is 17.6 Å². The van der Waals surface area contributed by atoms with Gasteiger partial charge in [-0.25, -0.2) is 9.78 Å². The van der Waals surface area contributed by atoms with Crippen LogP contribution < -0.4 is 5.32 Å². The second-order valence-electron chi connectivity index (χ2n) is 3.84. The molecule has 6 nitrogen and oxygen atoms in total. The molecular weight excluding hydrogens is 222 g/mol. The molecule has 0 spiro atoms. The van der Waals surface area contributed by atoms with E-state index in [2.05, 4.69) is 10.3 Å². The van der Waals surface area contributed by atoms with E-state index in [1.807, 2.05) is 0 Å². The van der Waals surface area contributed by atoms with E-state index < -0.39 is 5.97 Å². The molecule has 17 heavy (non-hydrogen) atoms. The minimum Gasteiger partial charge on any atom is -0.477 e. The largest absolute Gasteiger partial charge is 0.477 e. The van der Waals surface area contributed by atoms with E-state index in [9.17, 15) is 9.59 Å². The molecule has 0 bridgehead atoms. The Morgan fingerprint density at radius 1 is 1.41 bits per heavy atom. The highest BCUT2D eigenvalue weighted by Crippen LogP contribution is 2.08. The van der Waals surface area contributed by atoms with Crippen molar-refractivity contribution in [3.05, 3.63) is 24.0 Å². The van der Waals surface area contributed by atoms with Crippen LogP contribution in [0, 0.1) is 0 Å². The van der Waals surface area contributed by atoms with Crippen LogP contribution >= 0.6 is 0 Å². The number of likely N-dealkylation sites (N-methyl/N-ethyl adjacent to an activating group) is 1. The number of rotatable bonds is 4. The SMILES string of the molecule is CC(Nc1ccc(C(=O)O)nc1)C(=O)N(C)C. The zero-order valence-electron chi connectivity index (χ0n) is 9.97. The van der Waals surface area contributed by atoms with Crippen molar-refractivity contribution in [2.24, 2.45) is 0 Å². The van der Waals surface area contributed by atoms with Crippen LogP contribution in [0.4, 0.5) is 5.69 Å². The lowest BCUT2D eigenvalue weighted by Gasteiger charge is -2.18. The molecule has 0 aliphatic rings. The fourth-order valence-electron chi connectivity index (χ4n) is 1.30. The predicted molar refractivity (Wildman–Crippen MR) is 63.0 cm³/mol. The average molecular weight is 237 g/mol. The first kappa shape index (κ1) is 13.0. The van der Waals surface area contributed by atoms with Crippen LogP contribution in [0.2, 0.25) is 0 Å². The first-order chi connectivity index (χ1) is 7.91. The van der Waals surface area contributed by atoms with Crippen molar-refractivity contribution in [2.75, 3.05) is 19.4 Å². The summed E-state index contributed by atoms with van der Waals surface area (Å²) in [5.41, 5.74) is 0.583. The van der Waals surface area contributed by atoms with Crippen LogP contribution in [0.25, 0.3) is 0 Å². The highest BCUT2D eigenvalue weighted by molar-refractivity contribution is 5.86. The maximum atomic E-state index is 11.6. The molecule has 1 aromatic heterocycles. The number of hydrogen-bond acceptors (Lipinski definition) is 4. The summed E-state index contributed by atoms with van der Waals surface area (Å²) in [7, 11) is 3.35. The molecule has 1 aromatic rings. The lowest BCUT2D eigenvalue weighted by molar-refractivity contribution is -0.129. The molecule has 6 heteroatoms. The molecule has 1 heterocycles. The third kappa shape index (κ3) is 3.44. The summed E-state index contributed by atoms with van der Waals surface area (Å²) < 4.78 is 0. The average Bonchev–Trinajstić information content (AvgIpc) is 2.28. The van der Waals surface area contributed by atoms with Gasteiger partial charge in [0.15, 0.2) is 0 Å². The minimum absolute atomic E-state index is 0.0258. The fourth-order valence-corrected chi connectivity index (χ4v) is 1.30. The van der Waals surface area contributed by atoms with E-state index in [0.29, 0.717) is 5.69 Å². The van der Waals surface area contributed by atoms with Gasteiger partial charge in [0.2, 0.25) is 5.91 Å². The number of hydrogen-bond donors (Lipinski definition) is 2. The normalized spacial score (nSPS) is 11.7. The van der Waals surface area contributed by atoms with Gasteiger partial charge in [0.1, 0.15) is 11.7 Å². The molecule has 1 atom stereocenters. The maximum Gasteiger partial charge on any atom is 0.354 e. The third-order valence-corrected chi connectivity index (χ3v) is 2.18. The summed E-state index contributed by atoms with van der Waals surface area (Å²) >= 11 is 0. The van der Waals surface area contributed by atoms with Crippen molar-refractivity contribution < 1.29 is 14.7 Å². The van der Waals surface area contributed by atoms with Crippen molar-refractivity contribution in [2.45, 2.75) is 13.0 Å². The monoisotopic (exact) mass is 237 g/mol. The second kappa shape index (κ2) is 5.29. The van der Waals surface area contributed by atoms with Crippen LogP contribution in [0.5, 0.6) is 0 Å². The second-order valence-corrected chi connectivity index (χ2v) is 3.84. The Bertz CT molecular complexity index is 414. The van der Waals surface area contributed by atoms with Crippen LogP contribution in [0.1, 0.15) is 17.4 Å². The molecule has 2 N–H and O–H groups in total. The number of aromatic carboxylic acids is 1. The molecule has 1 amide bonds. The molecule has 0 aliphatic heterocycles. The molecule has 0 aromatic carbocycles. The van der Waals surface area contributed by atoms with E-state index >= 15 is 0 Å². The molecule has 0 fully saturated rings. The highest BCUT2D eigenvalue weighted by atomic mass is 16.4. The molecular formula is C11H15N3O3. The summed E-state index contributed by atoms with van der Waals surface area (Å²) in [5, 5.41) is 11.6. The van der Waals surface area contributed by atoms with Crippen molar-refractivity contribution >= 4 is 17.6 Å². The Labute approximate surface area is 99.3 Å². The Hall–Kier alpha value is -2.11. The molecule has 0 saturated carbocycles. The van der Waals surface area contributed by atoms with Crippen LogP contribution in [0.3, 0.4) is 0 Å². The van der Waals surface area contributed by atoms with Crippen LogP contribution in [-0.2, 0) is 4.79 Å². The third-order valence-electron chi connectivity index (χ3n) is 2.18. The van der Waals surface area contributed by atoms with E-state index in [0.717, 1.165) is 0 Å². The number of carboxylic acid groups (broad SMARTS) is 1. The molecule has 1 unspecified atom stereocenters. The van der Waals surface area contributed by atoms with E-state index in [1.165, 1.54) is 17.2 Å². The van der Waals surface area contributed by atoms with Gasteiger partial charge in [-0.3, -0.25) is 4.79 Å². The van der Waals surface area contributed by atoms with Gasteiger partial charge in [-0.2, -0.15) is 0 Å². The van der Waals surface area contributed by atoms with Crippen molar-refractivity contribution in [3.63, 3.8) is 0 Å². The van der Waals surface area contributed by atoms with Gasteiger partial charge >= 0.3 is 5.97 Å². The van der Waals surface area contributed by atoms with Crippen LogP contribution in [-0.4, -0.2) is 47.0 Å². The predicted octanol–water partition coefficient (Wildman–Crippen LogP) is 0.668. The molecule has 0 radical (unpaired) electrons. The fraction of sp³-hybridized carbons (Fsp3) is 0.364. The standard InChI is InChI=1S/C11H15N3O3/c1-7(10(15)14(2)3)13-8-4-5-9(11(16)17)12-6-8/h4-7,13H,1-3H3,(H,16,17). The Morgan fingerprint density at radius 2 is 2.06 bits per heavy atom. The number of aromatic nitrogens is 1. The van der Waals surface area contributed by atoms with Gasteiger partial charge in [0.05, 0.1) is 11.9 Å². The number of pyridine rings is 1. The topological polar surface area (TPSA) is 82.5 Å². The molecule has 1 rings (SSSR count). The van der Waals surface area contributed by atoms with Gasteiger partial charge in [0.25, 0.3) is 0 Å². The quantitative estimate of drug-likeness (QED) is 0.804. The van der Waals surface area contributed by atoms with Crippen molar-refractivity contribution in [1.82, 2.24) is 9.88 Å². The number of amides is 1. The lowest BCUT2D eigenvalue weighted by Crippen LogP contribution is -2.36. The first-order valence-corrected chi connectivity index (χ1v) is 5.09. The zero-order valence-corrected chi connectivity index (χ0v) is 9.97. The Morgan fingerprint density at radius 3 is 2.47 bits per heavy atom. The van der Waals surface area contributed by atoms with E-state index in [1.54, 1.807) is 27.1 Å². The smallest absolute Gasteiger partial charge is 0.354 e. The van der Waals surface area contributed by atoms with Crippen LogP contribution in [0.15, 0.2) is 18.3 Å². The summed E-state index contributed by atoms with van der Waals surface area (Å²) in [5.74, 6) is -1.14. The Kier molecular flexibility index (Phi) is 4.03. The zero-order chi connectivity index (χ0) is 13.0. The lowest BCUT2D eigenvalue weighted by atomic mass is 10.2. The molecule has 0 saturated heterocycles. The maximum absolute atomic E-state index is 11.6. The van der Waals surface area contributed by atoms with Gasteiger partial charge in [-0.05, 0) is 19.1 Å². The van der Waals surface area contributed by atoms with E-state index in [4.69, 9.17) is 5.11 Å². The van der Waals surface area contributed by atoms with Gasteiger partial charge < -0.3 is 15.3 Å². The summed E-state index contributed by atoms with van der Waals surface area (Å²) in [4.78, 5) is 27.4. The highest BCUT2D eigenvalue weighted by Gasteiger charge is 2.14. The van der Waals surface area contributed by atoms with Gasteiger partial charge in [-0.1, -0.05) is 0 Å². The number of carbonyl (C=O) groups is 2. The number of nitrogens with zero attached hydrogens (tertiary/aromatic N) is 2. The summed E-state index contributed by atoms with van der Waals surface area (Å²) in [6.07, 6.45) is 1.39. The first-order valence-electron chi connectivity index (χ1n) is 5.09. The molecule has 0 aliphatic carbocycles. The van der Waals surface area contributed by atoms with Gasteiger partial charge in [-0.15, -0.1) is 0 Å². The minimum atomic E-state index is -1.08. The van der Waals surface area contributed by atoms with Crippen molar-refractivity contribution in [3.8, 4) is 0 Å². The van der Waals surface area contributed by atoms with Crippen molar-refractivity contribution in [1.29, 1.82) is 0 Å². The summed E-state index contributed by atoms with van der Waals surface area (Å²) in [6, 6.07) is 2.58. The number of carbonyl (C=O) groups excluding carboxylic acids is 1. The summed E-state index contributed by atoms with van der Waals surface area (Å²) in [6.45, 7) is 1.73. The Balaban J connectivity index is 2.69. The number of nitrogens with one attached hydrogen (secondary N) is 1. The molecule has 92 valence electrons. The number of carboxylic acids is 1.